The van der Waals surface area contributed by atoms with Gasteiger partial charge in [-0.25, -0.2) is 9.67 Å². The van der Waals surface area contributed by atoms with Crippen molar-refractivity contribution >= 4 is 11.6 Å². The SMILES string of the molecule is Cc1cc(C(=O)N(C)C(C)c2ccc(-n3cncn3)cc2)ccc1[N+](=O)[O-]. The number of nitro benzene ring substituents is 1. The van der Waals surface area contributed by atoms with Crippen LogP contribution in [0.5, 0.6) is 0 Å². The molecule has 0 spiro atoms. The van der Waals surface area contributed by atoms with Crippen molar-refractivity contribution in [3.05, 3.63) is 81.9 Å². The highest BCUT2D eigenvalue weighted by Crippen LogP contribution is 2.24. The van der Waals surface area contributed by atoms with Gasteiger partial charge in [0.25, 0.3) is 11.6 Å². The molecular weight excluding hydrogens is 346 g/mol. The fourth-order valence-corrected chi connectivity index (χ4v) is 2.84. The molecular formula is C19H19N5O3. The first-order valence-corrected chi connectivity index (χ1v) is 8.35. The van der Waals surface area contributed by atoms with Gasteiger partial charge in [-0.2, -0.15) is 5.10 Å². The summed E-state index contributed by atoms with van der Waals surface area (Å²) in [7, 11) is 1.72. The zero-order valence-electron chi connectivity index (χ0n) is 15.2. The smallest absolute Gasteiger partial charge is 0.272 e. The third-order valence-electron chi connectivity index (χ3n) is 4.60. The minimum atomic E-state index is -0.452. The van der Waals surface area contributed by atoms with Crippen LogP contribution in [-0.2, 0) is 0 Å². The molecule has 0 aliphatic rings. The summed E-state index contributed by atoms with van der Waals surface area (Å²) in [5.41, 5.74) is 2.73. The Labute approximate surface area is 156 Å². The van der Waals surface area contributed by atoms with E-state index in [0.29, 0.717) is 11.1 Å². The molecule has 0 saturated heterocycles. The van der Waals surface area contributed by atoms with E-state index in [4.69, 9.17) is 0 Å². The van der Waals surface area contributed by atoms with E-state index in [1.807, 2.05) is 31.2 Å². The maximum atomic E-state index is 12.8. The monoisotopic (exact) mass is 365 g/mol. The molecule has 27 heavy (non-hydrogen) atoms. The van der Waals surface area contributed by atoms with Crippen molar-refractivity contribution in [2.45, 2.75) is 19.9 Å². The highest BCUT2D eigenvalue weighted by atomic mass is 16.6. The second-order valence-corrected chi connectivity index (χ2v) is 6.28. The molecule has 0 fully saturated rings. The van der Waals surface area contributed by atoms with E-state index in [9.17, 15) is 14.9 Å². The van der Waals surface area contributed by atoms with E-state index in [1.165, 1.54) is 18.5 Å². The number of hydrogen-bond acceptors (Lipinski definition) is 5. The van der Waals surface area contributed by atoms with Crippen molar-refractivity contribution in [1.29, 1.82) is 0 Å². The van der Waals surface area contributed by atoms with Crippen LogP contribution >= 0.6 is 0 Å². The number of hydrogen-bond donors (Lipinski definition) is 0. The van der Waals surface area contributed by atoms with Crippen molar-refractivity contribution in [3.63, 3.8) is 0 Å². The molecule has 0 aliphatic heterocycles. The molecule has 0 N–H and O–H groups in total. The number of carbonyl (C=O) groups is 1. The number of benzene rings is 2. The van der Waals surface area contributed by atoms with Crippen molar-refractivity contribution in [1.82, 2.24) is 19.7 Å². The Balaban J connectivity index is 1.78. The van der Waals surface area contributed by atoms with Gasteiger partial charge in [0.05, 0.1) is 16.7 Å². The van der Waals surface area contributed by atoms with Crippen LogP contribution in [0.25, 0.3) is 5.69 Å². The molecule has 138 valence electrons. The highest BCUT2D eigenvalue weighted by Gasteiger charge is 2.21. The standard InChI is InChI=1S/C19H19N5O3/c1-13-10-16(6-9-18(13)24(26)27)19(25)22(3)14(2)15-4-7-17(8-5-15)23-12-20-11-21-23/h4-12,14H,1-3H3. The third-order valence-corrected chi connectivity index (χ3v) is 4.60. The van der Waals surface area contributed by atoms with E-state index in [-0.39, 0.29) is 17.6 Å². The van der Waals surface area contributed by atoms with E-state index in [2.05, 4.69) is 10.1 Å². The number of carbonyl (C=O) groups excluding carboxylic acids is 1. The van der Waals surface area contributed by atoms with Gasteiger partial charge < -0.3 is 4.90 Å². The first-order valence-electron chi connectivity index (χ1n) is 8.35. The Morgan fingerprint density at radius 3 is 2.48 bits per heavy atom. The van der Waals surface area contributed by atoms with Gasteiger partial charge in [-0.1, -0.05) is 12.1 Å². The van der Waals surface area contributed by atoms with Crippen LogP contribution in [0.4, 0.5) is 5.69 Å². The lowest BCUT2D eigenvalue weighted by molar-refractivity contribution is -0.385. The van der Waals surface area contributed by atoms with E-state index < -0.39 is 4.92 Å². The van der Waals surface area contributed by atoms with E-state index >= 15 is 0 Å². The molecule has 0 saturated carbocycles. The van der Waals surface area contributed by atoms with Crippen LogP contribution in [0.3, 0.4) is 0 Å². The Morgan fingerprint density at radius 2 is 1.93 bits per heavy atom. The van der Waals surface area contributed by atoms with E-state index in [1.54, 1.807) is 35.9 Å². The van der Waals surface area contributed by atoms with Crippen molar-refractivity contribution < 1.29 is 9.72 Å². The molecule has 3 aromatic rings. The molecule has 1 unspecified atom stereocenters. The summed E-state index contributed by atoms with van der Waals surface area (Å²) < 4.78 is 1.66. The van der Waals surface area contributed by atoms with E-state index in [0.717, 1.165) is 11.3 Å². The molecule has 1 amide bonds. The van der Waals surface area contributed by atoms with Gasteiger partial charge >= 0.3 is 0 Å². The average molecular weight is 365 g/mol. The number of aromatic nitrogens is 3. The van der Waals surface area contributed by atoms with Crippen LogP contribution < -0.4 is 0 Å². The fraction of sp³-hybridized carbons (Fsp3) is 0.211. The summed E-state index contributed by atoms with van der Waals surface area (Å²) >= 11 is 0. The fourth-order valence-electron chi connectivity index (χ4n) is 2.84. The quantitative estimate of drug-likeness (QED) is 0.511. The predicted octanol–water partition coefficient (Wildman–Crippen LogP) is 3.32. The van der Waals surface area contributed by atoms with Gasteiger partial charge in [-0.05, 0) is 43.7 Å². The minimum Gasteiger partial charge on any atom is -0.335 e. The molecule has 0 bridgehead atoms. The molecule has 8 nitrogen and oxygen atoms in total. The predicted molar refractivity (Wildman–Crippen MR) is 99.7 cm³/mol. The Bertz CT molecular complexity index is 968. The first kappa shape index (κ1) is 18.2. The summed E-state index contributed by atoms with van der Waals surface area (Å²) in [5, 5.41) is 15.0. The van der Waals surface area contributed by atoms with Gasteiger partial charge in [-0.15, -0.1) is 0 Å². The lowest BCUT2D eigenvalue weighted by atomic mass is 10.0. The molecule has 1 aromatic heterocycles. The molecule has 8 heteroatoms. The highest BCUT2D eigenvalue weighted by molar-refractivity contribution is 5.94. The lowest BCUT2D eigenvalue weighted by Gasteiger charge is -2.25. The molecule has 1 atom stereocenters. The molecule has 1 heterocycles. The summed E-state index contributed by atoms with van der Waals surface area (Å²) in [6.45, 7) is 3.56. The summed E-state index contributed by atoms with van der Waals surface area (Å²) in [6.07, 6.45) is 3.08. The maximum Gasteiger partial charge on any atom is 0.272 e. The second-order valence-electron chi connectivity index (χ2n) is 6.28. The van der Waals surface area contributed by atoms with Gasteiger partial charge in [0.1, 0.15) is 12.7 Å². The first-order chi connectivity index (χ1) is 12.9. The van der Waals surface area contributed by atoms with Gasteiger partial charge in [0.2, 0.25) is 0 Å². The number of nitro groups is 1. The van der Waals surface area contributed by atoms with Gasteiger partial charge in [0, 0.05) is 24.2 Å². The minimum absolute atomic E-state index is 0.00551. The largest absolute Gasteiger partial charge is 0.335 e. The second kappa shape index (κ2) is 7.36. The average Bonchev–Trinajstić information content (AvgIpc) is 3.20. The van der Waals surface area contributed by atoms with Crippen molar-refractivity contribution in [2.75, 3.05) is 7.05 Å². The summed E-state index contributed by atoms with van der Waals surface area (Å²) in [4.78, 5) is 28.8. The van der Waals surface area contributed by atoms with Crippen molar-refractivity contribution in [2.24, 2.45) is 0 Å². The number of nitrogens with zero attached hydrogens (tertiary/aromatic N) is 5. The topological polar surface area (TPSA) is 94.2 Å². The normalized spacial score (nSPS) is 11.8. The zero-order valence-corrected chi connectivity index (χ0v) is 15.2. The van der Waals surface area contributed by atoms with Gasteiger partial charge in [0.15, 0.2) is 0 Å². The number of rotatable bonds is 5. The van der Waals surface area contributed by atoms with Crippen LogP contribution in [0.2, 0.25) is 0 Å². The summed E-state index contributed by atoms with van der Waals surface area (Å²) in [5.74, 6) is -0.194. The van der Waals surface area contributed by atoms with Crippen LogP contribution in [0.15, 0.2) is 55.1 Å². The van der Waals surface area contributed by atoms with Crippen LogP contribution in [0, 0.1) is 17.0 Å². The number of aryl methyl sites for hydroxylation is 1. The van der Waals surface area contributed by atoms with Gasteiger partial charge in [-0.3, -0.25) is 14.9 Å². The molecule has 0 radical (unpaired) electrons. The Kier molecular flexibility index (Phi) is 4.98. The Morgan fingerprint density at radius 1 is 1.22 bits per heavy atom. The zero-order chi connectivity index (χ0) is 19.6. The lowest BCUT2D eigenvalue weighted by Crippen LogP contribution is -2.29. The molecule has 0 aliphatic carbocycles. The third kappa shape index (κ3) is 3.69. The van der Waals surface area contributed by atoms with Crippen LogP contribution in [-0.4, -0.2) is 37.5 Å². The van der Waals surface area contributed by atoms with Crippen molar-refractivity contribution in [3.8, 4) is 5.69 Å². The Hall–Kier alpha value is -3.55. The maximum absolute atomic E-state index is 12.8. The molecule has 2 aromatic carbocycles. The number of amides is 1. The summed E-state index contributed by atoms with van der Waals surface area (Å²) in [6, 6.07) is 11.9. The molecule has 3 rings (SSSR count). The van der Waals surface area contributed by atoms with Crippen LogP contribution in [0.1, 0.15) is 34.5 Å².